The van der Waals surface area contributed by atoms with Gasteiger partial charge in [0, 0.05) is 23.9 Å². The Morgan fingerprint density at radius 1 is 1.26 bits per heavy atom. The molecule has 1 aromatic carbocycles. The number of hydrogen-bond acceptors (Lipinski definition) is 6. The number of hydrogen-bond donors (Lipinski definition) is 0. The van der Waals surface area contributed by atoms with Crippen LogP contribution in [-0.4, -0.2) is 42.7 Å². The first kappa shape index (κ1) is 17.9. The van der Waals surface area contributed by atoms with E-state index in [4.69, 9.17) is 16.3 Å². The highest BCUT2D eigenvalue weighted by molar-refractivity contribution is 7.90. The van der Waals surface area contributed by atoms with Gasteiger partial charge < -0.3 is 9.64 Å². The van der Waals surface area contributed by atoms with Crippen LogP contribution in [-0.2, 0) is 26.2 Å². The van der Waals surface area contributed by atoms with Gasteiger partial charge >= 0.3 is 5.97 Å². The maximum Gasteiger partial charge on any atom is 0.329 e. The first-order chi connectivity index (χ1) is 13.0. The van der Waals surface area contributed by atoms with Crippen LogP contribution in [0.4, 0.5) is 0 Å². The van der Waals surface area contributed by atoms with Crippen LogP contribution < -0.4 is 0 Å². The molecule has 0 N–H and O–H groups in total. The van der Waals surface area contributed by atoms with E-state index in [1.165, 1.54) is 6.07 Å². The van der Waals surface area contributed by atoms with Gasteiger partial charge in [-0.3, -0.25) is 0 Å². The number of fused-ring (bicyclic) bond motifs is 1. The monoisotopic (exact) mass is 405 g/mol. The fraction of sp³-hybridized carbons (Fsp3) is 0.278. The molecule has 27 heavy (non-hydrogen) atoms. The second-order valence-corrected chi connectivity index (χ2v) is 8.29. The van der Waals surface area contributed by atoms with Crippen molar-refractivity contribution in [2.45, 2.75) is 30.4 Å². The van der Waals surface area contributed by atoms with Gasteiger partial charge in [-0.05, 0) is 31.0 Å². The van der Waals surface area contributed by atoms with Crippen LogP contribution in [0.2, 0.25) is 5.15 Å². The molecule has 2 aliphatic heterocycles. The van der Waals surface area contributed by atoms with Gasteiger partial charge in [0.15, 0.2) is 5.84 Å². The number of carbonyl (C=O) groups excluding carboxylic acids is 1. The Balaban J connectivity index is 1.53. The van der Waals surface area contributed by atoms with E-state index in [9.17, 15) is 13.2 Å². The molecule has 0 bridgehead atoms. The van der Waals surface area contributed by atoms with Crippen LogP contribution in [0, 0.1) is 0 Å². The van der Waals surface area contributed by atoms with Gasteiger partial charge in [-0.1, -0.05) is 29.8 Å². The molecule has 1 saturated heterocycles. The molecule has 2 aliphatic rings. The average molecular weight is 406 g/mol. The Hall–Kier alpha value is -2.45. The van der Waals surface area contributed by atoms with Gasteiger partial charge in [0.25, 0.3) is 10.0 Å². The van der Waals surface area contributed by atoms with E-state index in [0.717, 1.165) is 12.0 Å². The van der Waals surface area contributed by atoms with Gasteiger partial charge in [0.1, 0.15) is 22.7 Å². The lowest BCUT2D eigenvalue weighted by Gasteiger charge is -2.24. The lowest BCUT2D eigenvalue weighted by atomic mass is 10.1. The summed E-state index contributed by atoms with van der Waals surface area (Å²) in [5.41, 5.74) is 1.25. The summed E-state index contributed by atoms with van der Waals surface area (Å²) in [7, 11) is -3.73. The minimum Gasteiger partial charge on any atom is -0.459 e. The van der Waals surface area contributed by atoms with Gasteiger partial charge in [0.05, 0.1) is 0 Å². The Morgan fingerprint density at radius 2 is 2.07 bits per heavy atom. The summed E-state index contributed by atoms with van der Waals surface area (Å²) in [6, 6.07) is 9.44. The van der Waals surface area contributed by atoms with Gasteiger partial charge in [-0.25, -0.2) is 9.78 Å². The highest BCUT2D eigenvalue weighted by atomic mass is 35.5. The van der Waals surface area contributed by atoms with Crippen LogP contribution >= 0.6 is 11.6 Å². The Morgan fingerprint density at radius 3 is 2.85 bits per heavy atom. The quantitative estimate of drug-likeness (QED) is 0.575. The third kappa shape index (κ3) is 3.42. The number of esters is 1. The Labute approximate surface area is 161 Å². The van der Waals surface area contributed by atoms with Gasteiger partial charge in [-0.15, -0.1) is 4.40 Å². The molecule has 2 aromatic rings. The minimum atomic E-state index is -3.73. The number of nitrogens with zero attached hydrogens (tertiary/aromatic N) is 3. The van der Waals surface area contributed by atoms with Crippen molar-refractivity contribution in [2.24, 2.45) is 4.40 Å². The fourth-order valence-electron chi connectivity index (χ4n) is 3.30. The Bertz CT molecular complexity index is 1020. The van der Waals surface area contributed by atoms with E-state index in [1.54, 1.807) is 41.4 Å². The molecule has 0 unspecified atom stereocenters. The van der Waals surface area contributed by atoms with Crippen molar-refractivity contribution in [3.05, 3.63) is 58.9 Å². The first-order valence-electron chi connectivity index (χ1n) is 8.44. The fourth-order valence-corrected chi connectivity index (χ4v) is 4.63. The number of carbonyl (C=O) groups is 1. The van der Waals surface area contributed by atoms with E-state index in [-0.39, 0.29) is 11.5 Å². The second kappa shape index (κ2) is 6.94. The molecule has 1 fully saturated rings. The summed E-state index contributed by atoms with van der Waals surface area (Å²) in [6.07, 6.45) is 2.88. The number of sulfonamides is 1. The number of halogens is 1. The molecule has 3 heterocycles. The first-order valence-corrected chi connectivity index (χ1v) is 10.3. The predicted molar refractivity (Wildman–Crippen MR) is 98.9 cm³/mol. The summed E-state index contributed by atoms with van der Waals surface area (Å²) in [4.78, 5) is 18.5. The number of amidine groups is 1. The Kier molecular flexibility index (Phi) is 4.61. The van der Waals surface area contributed by atoms with Gasteiger partial charge in [-0.2, -0.15) is 8.42 Å². The zero-order valence-electron chi connectivity index (χ0n) is 14.2. The lowest BCUT2D eigenvalue weighted by Crippen LogP contribution is -2.41. The van der Waals surface area contributed by atoms with Crippen LogP contribution in [0.25, 0.3) is 0 Å². The standard InChI is InChI=1S/C18H16ClN3O4S/c19-16-8-7-12(10-20-16)11-26-18(23)14-5-3-9-22(14)17-13-4-1-2-6-15(13)27(24,25)21-17/h1-2,4,6-8,10,14H,3,5,9,11H2/t14-/m0/s1. The van der Waals surface area contributed by atoms with Crippen molar-refractivity contribution in [2.75, 3.05) is 6.54 Å². The predicted octanol–water partition coefficient (Wildman–Crippen LogP) is 2.39. The van der Waals surface area contributed by atoms with E-state index >= 15 is 0 Å². The van der Waals surface area contributed by atoms with E-state index in [2.05, 4.69) is 9.38 Å². The normalized spacial score (nSPS) is 20.3. The second-order valence-electron chi connectivity index (χ2n) is 6.33. The lowest BCUT2D eigenvalue weighted by molar-refractivity contribution is -0.149. The number of aromatic nitrogens is 1. The molecular formula is C18H16ClN3O4S. The SMILES string of the molecule is O=C(OCc1ccc(Cl)nc1)[C@@H]1CCCN1C1=NS(=O)(=O)c2ccccc21. The number of benzene rings is 1. The topological polar surface area (TPSA) is 88.9 Å². The van der Waals surface area contributed by atoms with E-state index in [0.29, 0.717) is 29.5 Å². The van der Waals surface area contributed by atoms with Crippen LogP contribution in [0.1, 0.15) is 24.0 Å². The summed E-state index contributed by atoms with van der Waals surface area (Å²) >= 11 is 5.75. The summed E-state index contributed by atoms with van der Waals surface area (Å²) in [5, 5.41) is 0.367. The number of likely N-dealkylation sites (tertiary alicyclic amines) is 1. The molecule has 9 heteroatoms. The van der Waals surface area contributed by atoms with Crippen molar-refractivity contribution >= 4 is 33.4 Å². The summed E-state index contributed by atoms with van der Waals surface area (Å²) < 4.78 is 33.9. The largest absolute Gasteiger partial charge is 0.459 e. The van der Waals surface area contributed by atoms with Crippen molar-refractivity contribution in [3.63, 3.8) is 0 Å². The third-order valence-electron chi connectivity index (χ3n) is 4.58. The number of ether oxygens (including phenoxy) is 1. The molecule has 4 rings (SSSR count). The highest BCUT2D eigenvalue weighted by Crippen LogP contribution is 2.31. The van der Waals surface area contributed by atoms with Crippen LogP contribution in [0.15, 0.2) is 51.9 Å². The van der Waals surface area contributed by atoms with Gasteiger partial charge in [0.2, 0.25) is 0 Å². The van der Waals surface area contributed by atoms with Crippen molar-refractivity contribution in [1.29, 1.82) is 0 Å². The van der Waals surface area contributed by atoms with E-state index in [1.807, 2.05) is 0 Å². The van der Waals surface area contributed by atoms with Crippen LogP contribution in [0.3, 0.4) is 0 Å². The molecule has 7 nitrogen and oxygen atoms in total. The highest BCUT2D eigenvalue weighted by Gasteiger charge is 2.39. The number of rotatable bonds is 3. The molecule has 0 radical (unpaired) electrons. The molecule has 1 atom stereocenters. The van der Waals surface area contributed by atoms with Crippen molar-refractivity contribution < 1.29 is 17.9 Å². The van der Waals surface area contributed by atoms with Crippen molar-refractivity contribution in [1.82, 2.24) is 9.88 Å². The maximum absolute atomic E-state index is 12.6. The molecule has 0 amide bonds. The zero-order chi connectivity index (χ0) is 19.0. The summed E-state index contributed by atoms with van der Waals surface area (Å²) in [5.74, 6) is -0.0925. The maximum atomic E-state index is 12.6. The minimum absolute atomic E-state index is 0.0781. The zero-order valence-corrected chi connectivity index (χ0v) is 15.8. The van der Waals surface area contributed by atoms with Crippen LogP contribution in [0.5, 0.6) is 0 Å². The van der Waals surface area contributed by atoms with Crippen molar-refractivity contribution in [3.8, 4) is 0 Å². The third-order valence-corrected chi connectivity index (χ3v) is 6.13. The number of pyridine rings is 1. The molecule has 1 aromatic heterocycles. The molecule has 0 spiro atoms. The molecule has 0 saturated carbocycles. The average Bonchev–Trinajstić information content (AvgIpc) is 3.24. The summed E-state index contributed by atoms with van der Waals surface area (Å²) in [6.45, 7) is 0.625. The molecule has 140 valence electrons. The smallest absolute Gasteiger partial charge is 0.329 e. The van der Waals surface area contributed by atoms with E-state index < -0.39 is 22.0 Å². The molecule has 0 aliphatic carbocycles. The molecular weight excluding hydrogens is 390 g/mol.